The summed E-state index contributed by atoms with van der Waals surface area (Å²) < 4.78 is 45.0. The normalized spacial score (nSPS) is 12.5. The van der Waals surface area contributed by atoms with E-state index in [-0.39, 0.29) is 18.8 Å². The lowest BCUT2D eigenvalue weighted by molar-refractivity contribution is -0.274. The van der Waals surface area contributed by atoms with E-state index in [2.05, 4.69) is 4.74 Å². The van der Waals surface area contributed by atoms with Gasteiger partial charge in [0.25, 0.3) is 0 Å². The molecule has 1 atom stereocenters. The third-order valence-corrected chi connectivity index (χ3v) is 3.36. The molecule has 0 amide bonds. The van der Waals surface area contributed by atoms with Crippen LogP contribution in [0.1, 0.15) is 17.5 Å². The first-order valence-corrected chi connectivity index (χ1v) is 7.57. The molecule has 4 nitrogen and oxygen atoms in total. The SMILES string of the molecule is O=C(OCc1ccccc1)[C@H](O)CCc1ccc(OC(F)(F)F)cc1. The first-order chi connectivity index (χ1) is 11.8. The molecule has 0 aromatic heterocycles. The Morgan fingerprint density at radius 2 is 1.64 bits per heavy atom. The van der Waals surface area contributed by atoms with Gasteiger partial charge in [-0.15, -0.1) is 13.2 Å². The molecule has 0 bridgehead atoms. The fourth-order valence-electron chi connectivity index (χ4n) is 2.10. The molecule has 1 N–H and O–H groups in total. The van der Waals surface area contributed by atoms with Crippen LogP contribution in [0.15, 0.2) is 54.6 Å². The molecule has 2 aromatic carbocycles. The minimum absolute atomic E-state index is 0.0697. The number of aryl methyl sites for hydroxylation is 1. The van der Waals surface area contributed by atoms with Gasteiger partial charge in [-0.3, -0.25) is 0 Å². The molecule has 0 heterocycles. The first kappa shape index (κ1) is 18.8. The molecule has 2 aromatic rings. The molecular weight excluding hydrogens is 337 g/mol. The Morgan fingerprint density at radius 3 is 2.24 bits per heavy atom. The van der Waals surface area contributed by atoms with Crippen LogP contribution in [0.5, 0.6) is 5.75 Å². The van der Waals surface area contributed by atoms with Crippen LogP contribution in [-0.4, -0.2) is 23.5 Å². The Hall–Kier alpha value is -2.54. The number of alkyl halides is 3. The Labute approximate surface area is 142 Å². The van der Waals surface area contributed by atoms with Gasteiger partial charge in [0.1, 0.15) is 12.4 Å². The summed E-state index contributed by atoms with van der Waals surface area (Å²) >= 11 is 0. The maximum atomic E-state index is 12.1. The quantitative estimate of drug-likeness (QED) is 0.772. The summed E-state index contributed by atoms with van der Waals surface area (Å²) in [4.78, 5) is 11.7. The van der Waals surface area contributed by atoms with Gasteiger partial charge < -0.3 is 14.6 Å². The number of hydrogen-bond acceptors (Lipinski definition) is 4. The zero-order valence-electron chi connectivity index (χ0n) is 13.2. The van der Waals surface area contributed by atoms with Gasteiger partial charge in [-0.05, 0) is 36.1 Å². The standard InChI is InChI=1S/C18H17F3O4/c19-18(20,21)25-15-9-6-13(7-10-15)8-11-16(22)17(23)24-12-14-4-2-1-3-5-14/h1-7,9-10,16,22H,8,11-12H2/t16-/m1/s1. The van der Waals surface area contributed by atoms with Crippen molar-refractivity contribution in [2.75, 3.05) is 0 Å². The summed E-state index contributed by atoms with van der Waals surface area (Å²) in [6.07, 6.45) is -5.61. The van der Waals surface area contributed by atoms with Crippen molar-refractivity contribution in [2.45, 2.75) is 31.9 Å². The number of esters is 1. The summed E-state index contributed by atoms with van der Waals surface area (Å²) in [6, 6.07) is 14.3. The topological polar surface area (TPSA) is 55.8 Å². The monoisotopic (exact) mass is 354 g/mol. The molecule has 0 saturated carbocycles. The molecule has 0 fully saturated rings. The number of aliphatic hydroxyl groups excluding tert-OH is 1. The Balaban J connectivity index is 1.77. The van der Waals surface area contributed by atoms with Crippen LogP contribution in [0.4, 0.5) is 13.2 Å². The molecule has 0 unspecified atom stereocenters. The summed E-state index contributed by atoms with van der Waals surface area (Å²) in [5.74, 6) is -1.06. The zero-order chi connectivity index (χ0) is 18.3. The molecule has 134 valence electrons. The summed E-state index contributed by atoms with van der Waals surface area (Å²) in [5, 5.41) is 9.82. The third kappa shape index (κ3) is 6.84. The fraction of sp³-hybridized carbons (Fsp3) is 0.278. The lowest BCUT2D eigenvalue weighted by Crippen LogP contribution is -2.23. The molecule has 25 heavy (non-hydrogen) atoms. The van der Waals surface area contributed by atoms with Gasteiger partial charge in [0.05, 0.1) is 0 Å². The number of hydrogen-bond donors (Lipinski definition) is 1. The molecule has 0 spiro atoms. The summed E-state index contributed by atoms with van der Waals surface area (Å²) in [7, 11) is 0. The van der Waals surface area contributed by atoms with E-state index in [0.29, 0.717) is 12.0 Å². The van der Waals surface area contributed by atoms with Crippen LogP contribution in [0.25, 0.3) is 0 Å². The molecule has 0 radical (unpaired) electrons. The second-order valence-corrected chi connectivity index (χ2v) is 5.34. The van der Waals surface area contributed by atoms with Crippen LogP contribution >= 0.6 is 0 Å². The summed E-state index contributed by atoms with van der Waals surface area (Å²) in [5.41, 5.74) is 1.48. The largest absolute Gasteiger partial charge is 0.573 e. The highest BCUT2D eigenvalue weighted by Crippen LogP contribution is 2.23. The van der Waals surface area contributed by atoms with Gasteiger partial charge in [-0.1, -0.05) is 42.5 Å². The van der Waals surface area contributed by atoms with E-state index in [9.17, 15) is 23.1 Å². The predicted octanol–water partition coefficient (Wildman–Crippen LogP) is 3.62. The van der Waals surface area contributed by atoms with E-state index in [0.717, 1.165) is 5.56 Å². The number of halogens is 3. The van der Waals surface area contributed by atoms with E-state index >= 15 is 0 Å². The summed E-state index contributed by atoms with van der Waals surface area (Å²) in [6.45, 7) is 0.0697. The number of rotatable bonds is 7. The van der Waals surface area contributed by atoms with Crippen molar-refractivity contribution in [2.24, 2.45) is 0 Å². The van der Waals surface area contributed by atoms with Gasteiger partial charge in [-0.2, -0.15) is 0 Å². The zero-order valence-corrected chi connectivity index (χ0v) is 13.2. The molecule has 0 aliphatic carbocycles. The van der Waals surface area contributed by atoms with Crippen molar-refractivity contribution in [1.29, 1.82) is 0 Å². The maximum absolute atomic E-state index is 12.1. The van der Waals surface area contributed by atoms with Crippen molar-refractivity contribution in [3.8, 4) is 5.75 Å². The van der Waals surface area contributed by atoms with Crippen LogP contribution < -0.4 is 4.74 Å². The lowest BCUT2D eigenvalue weighted by Gasteiger charge is -2.12. The van der Waals surface area contributed by atoms with Crippen molar-refractivity contribution in [3.05, 3.63) is 65.7 Å². The lowest BCUT2D eigenvalue weighted by atomic mass is 10.1. The Kier molecular flexibility index (Phi) is 6.41. The highest BCUT2D eigenvalue weighted by Gasteiger charge is 2.30. The molecule has 0 saturated heterocycles. The third-order valence-electron chi connectivity index (χ3n) is 3.36. The minimum atomic E-state index is -4.74. The number of ether oxygens (including phenoxy) is 2. The van der Waals surface area contributed by atoms with Crippen molar-refractivity contribution in [3.63, 3.8) is 0 Å². The smallest absolute Gasteiger partial charge is 0.459 e. The Morgan fingerprint density at radius 1 is 1.00 bits per heavy atom. The van der Waals surface area contributed by atoms with E-state index < -0.39 is 18.4 Å². The van der Waals surface area contributed by atoms with E-state index in [4.69, 9.17) is 4.74 Å². The van der Waals surface area contributed by atoms with Crippen LogP contribution in [0.2, 0.25) is 0 Å². The van der Waals surface area contributed by atoms with E-state index in [1.165, 1.54) is 24.3 Å². The average molecular weight is 354 g/mol. The van der Waals surface area contributed by atoms with Gasteiger partial charge in [-0.25, -0.2) is 4.79 Å². The predicted molar refractivity (Wildman–Crippen MR) is 83.7 cm³/mol. The van der Waals surface area contributed by atoms with Crippen molar-refractivity contribution in [1.82, 2.24) is 0 Å². The number of carbonyl (C=O) groups excluding carboxylic acids is 1. The van der Waals surface area contributed by atoms with Crippen LogP contribution in [0, 0.1) is 0 Å². The molecule has 0 aliphatic heterocycles. The number of aliphatic hydroxyl groups is 1. The van der Waals surface area contributed by atoms with Crippen molar-refractivity contribution < 1.29 is 32.5 Å². The van der Waals surface area contributed by atoms with Gasteiger partial charge in [0.15, 0.2) is 6.10 Å². The molecule has 2 rings (SSSR count). The second-order valence-electron chi connectivity index (χ2n) is 5.34. The molecule has 7 heteroatoms. The second kappa shape index (κ2) is 8.53. The maximum Gasteiger partial charge on any atom is 0.573 e. The number of benzene rings is 2. The average Bonchev–Trinajstić information content (AvgIpc) is 2.58. The highest BCUT2D eigenvalue weighted by atomic mass is 19.4. The Bertz CT molecular complexity index is 669. The van der Waals surface area contributed by atoms with Gasteiger partial charge >= 0.3 is 12.3 Å². The minimum Gasteiger partial charge on any atom is -0.459 e. The van der Waals surface area contributed by atoms with Gasteiger partial charge in [0.2, 0.25) is 0 Å². The van der Waals surface area contributed by atoms with E-state index in [1.54, 1.807) is 12.1 Å². The van der Waals surface area contributed by atoms with Crippen LogP contribution in [0.3, 0.4) is 0 Å². The van der Waals surface area contributed by atoms with Crippen LogP contribution in [-0.2, 0) is 22.6 Å². The number of carbonyl (C=O) groups is 1. The van der Waals surface area contributed by atoms with Gasteiger partial charge in [0, 0.05) is 0 Å². The molecular formula is C18H17F3O4. The first-order valence-electron chi connectivity index (χ1n) is 7.57. The van der Waals surface area contributed by atoms with E-state index in [1.807, 2.05) is 18.2 Å². The fourth-order valence-corrected chi connectivity index (χ4v) is 2.10. The highest BCUT2D eigenvalue weighted by molar-refractivity contribution is 5.74. The molecule has 0 aliphatic rings. The van der Waals surface area contributed by atoms with Crippen molar-refractivity contribution >= 4 is 5.97 Å².